The van der Waals surface area contributed by atoms with Crippen molar-refractivity contribution in [3.63, 3.8) is 0 Å². The fourth-order valence-corrected chi connectivity index (χ4v) is 1.90. The van der Waals surface area contributed by atoms with E-state index in [1.807, 2.05) is 13.2 Å². The number of nitrogens with zero attached hydrogens (tertiary/aromatic N) is 1. The molecule has 2 atom stereocenters. The first-order valence-corrected chi connectivity index (χ1v) is 7.19. The number of carbonyl (C=O) groups is 2. The van der Waals surface area contributed by atoms with Crippen molar-refractivity contribution in [1.29, 1.82) is 0 Å². The van der Waals surface area contributed by atoms with Crippen LogP contribution in [0, 0.1) is 0 Å². The minimum absolute atomic E-state index is 0.00804. The van der Waals surface area contributed by atoms with Crippen molar-refractivity contribution in [1.82, 2.24) is 10.2 Å². The molecule has 0 aliphatic rings. The summed E-state index contributed by atoms with van der Waals surface area (Å²) < 4.78 is 0. The fourth-order valence-electron chi connectivity index (χ4n) is 1.32. The topological polar surface area (TPSA) is 89.9 Å². The zero-order chi connectivity index (χ0) is 14.1. The highest BCUT2D eigenvalue weighted by Crippen LogP contribution is 2.06. The van der Waals surface area contributed by atoms with E-state index in [1.165, 1.54) is 4.90 Å². The van der Waals surface area contributed by atoms with E-state index in [0.717, 1.165) is 12.2 Å². The number of aliphatic hydroxyl groups is 1. The lowest BCUT2D eigenvalue weighted by Gasteiger charge is -2.26. The standard InChI is InChI=1S/C11H22N2O4S/c1-8(5-7-18-3)13(2)11(17)12-9(4-6-14)10(15)16/h8-9,14H,4-7H2,1-3H3,(H,12,17)(H,15,16)/t8?,9-/m1/s1. The minimum atomic E-state index is -1.14. The highest BCUT2D eigenvalue weighted by molar-refractivity contribution is 7.98. The maximum absolute atomic E-state index is 11.8. The SMILES string of the molecule is CSCCC(C)N(C)C(=O)N[C@H](CCO)C(=O)O. The lowest BCUT2D eigenvalue weighted by Crippen LogP contribution is -2.49. The monoisotopic (exact) mass is 278 g/mol. The Kier molecular flexibility index (Phi) is 8.57. The van der Waals surface area contributed by atoms with E-state index in [4.69, 9.17) is 10.2 Å². The molecule has 106 valence electrons. The van der Waals surface area contributed by atoms with Gasteiger partial charge < -0.3 is 20.4 Å². The number of urea groups is 1. The molecule has 0 aliphatic carbocycles. The van der Waals surface area contributed by atoms with Crippen molar-refractivity contribution in [2.24, 2.45) is 0 Å². The average Bonchev–Trinajstić information content (AvgIpc) is 2.33. The molecule has 3 N–H and O–H groups in total. The van der Waals surface area contributed by atoms with Gasteiger partial charge in [-0.1, -0.05) is 0 Å². The number of carboxylic acids is 1. The Morgan fingerprint density at radius 3 is 2.44 bits per heavy atom. The lowest BCUT2D eigenvalue weighted by molar-refractivity contribution is -0.139. The molecule has 2 amide bonds. The Morgan fingerprint density at radius 2 is 2.00 bits per heavy atom. The van der Waals surface area contributed by atoms with E-state index in [2.05, 4.69) is 5.32 Å². The molecule has 0 saturated heterocycles. The van der Waals surface area contributed by atoms with Gasteiger partial charge in [-0.25, -0.2) is 9.59 Å². The second-order valence-corrected chi connectivity index (χ2v) is 5.08. The molecule has 0 fully saturated rings. The number of hydrogen-bond acceptors (Lipinski definition) is 4. The number of aliphatic hydroxyl groups excluding tert-OH is 1. The molecule has 0 aromatic carbocycles. The third-order valence-electron chi connectivity index (χ3n) is 2.73. The highest BCUT2D eigenvalue weighted by Gasteiger charge is 2.23. The molecule has 0 rings (SSSR count). The molecule has 0 aliphatic heterocycles. The molecule has 7 heteroatoms. The maximum Gasteiger partial charge on any atom is 0.326 e. The summed E-state index contributed by atoms with van der Waals surface area (Å²) in [5.74, 6) is -0.194. The quantitative estimate of drug-likeness (QED) is 0.605. The Balaban J connectivity index is 4.31. The van der Waals surface area contributed by atoms with Crippen LogP contribution in [0.5, 0.6) is 0 Å². The number of aliphatic carboxylic acids is 1. The van der Waals surface area contributed by atoms with Gasteiger partial charge in [0.2, 0.25) is 0 Å². The summed E-state index contributed by atoms with van der Waals surface area (Å²) in [6.07, 6.45) is 2.85. The Morgan fingerprint density at radius 1 is 1.39 bits per heavy atom. The third-order valence-corrected chi connectivity index (χ3v) is 3.38. The van der Waals surface area contributed by atoms with Crippen LogP contribution in [-0.4, -0.2) is 64.9 Å². The van der Waals surface area contributed by atoms with Crippen LogP contribution in [0.3, 0.4) is 0 Å². The van der Waals surface area contributed by atoms with Gasteiger partial charge in [0.1, 0.15) is 6.04 Å². The van der Waals surface area contributed by atoms with Crippen molar-refractivity contribution >= 4 is 23.8 Å². The second kappa shape index (κ2) is 9.04. The van der Waals surface area contributed by atoms with Crippen molar-refractivity contribution in [2.75, 3.05) is 25.7 Å². The normalized spacial score (nSPS) is 13.8. The maximum atomic E-state index is 11.8. The summed E-state index contributed by atoms with van der Waals surface area (Å²) in [7, 11) is 1.64. The largest absolute Gasteiger partial charge is 0.480 e. The molecular formula is C11H22N2O4S. The number of rotatable bonds is 8. The molecule has 0 spiro atoms. The van der Waals surface area contributed by atoms with E-state index in [0.29, 0.717) is 0 Å². The van der Waals surface area contributed by atoms with E-state index in [-0.39, 0.29) is 19.1 Å². The number of carboxylic acid groups (broad SMARTS) is 1. The molecule has 0 heterocycles. The summed E-state index contributed by atoms with van der Waals surface area (Å²) in [5, 5.41) is 20.0. The lowest BCUT2D eigenvalue weighted by atomic mass is 10.2. The van der Waals surface area contributed by atoms with Gasteiger partial charge in [0, 0.05) is 26.1 Å². The van der Waals surface area contributed by atoms with E-state index in [9.17, 15) is 9.59 Å². The molecule has 1 unspecified atom stereocenters. The second-order valence-electron chi connectivity index (χ2n) is 4.09. The number of amides is 2. The van der Waals surface area contributed by atoms with Crippen LogP contribution in [0.25, 0.3) is 0 Å². The number of thioether (sulfide) groups is 1. The van der Waals surface area contributed by atoms with Crippen LogP contribution in [-0.2, 0) is 4.79 Å². The third kappa shape index (κ3) is 6.11. The summed E-state index contributed by atoms with van der Waals surface area (Å²) in [5.41, 5.74) is 0. The van der Waals surface area contributed by atoms with Crippen molar-refractivity contribution < 1.29 is 19.8 Å². The predicted molar refractivity (Wildman–Crippen MR) is 71.9 cm³/mol. The zero-order valence-corrected chi connectivity index (χ0v) is 11.9. The molecular weight excluding hydrogens is 256 g/mol. The smallest absolute Gasteiger partial charge is 0.326 e. The molecule has 0 bridgehead atoms. The molecule has 0 aromatic rings. The molecule has 6 nitrogen and oxygen atoms in total. The number of hydrogen-bond donors (Lipinski definition) is 3. The highest BCUT2D eigenvalue weighted by atomic mass is 32.2. The van der Waals surface area contributed by atoms with Gasteiger partial charge in [-0.05, 0) is 25.4 Å². The van der Waals surface area contributed by atoms with Gasteiger partial charge in [0.05, 0.1) is 0 Å². The van der Waals surface area contributed by atoms with Gasteiger partial charge in [0.25, 0.3) is 0 Å². The zero-order valence-electron chi connectivity index (χ0n) is 11.0. The molecule has 0 aromatic heterocycles. The van der Waals surface area contributed by atoms with Crippen LogP contribution in [0.2, 0.25) is 0 Å². The van der Waals surface area contributed by atoms with Gasteiger partial charge in [0.15, 0.2) is 0 Å². The van der Waals surface area contributed by atoms with E-state index in [1.54, 1.807) is 18.8 Å². The van der Waals surface area contributed by atoms with Crippen LogP contribution < -0.4 is 5.32 Å². The average molecular weight is 278 g/mol. The van der Waals surface area contributed by atoms with Gasteiger partial charge in [-0.3, -0.25) is 0 Å². The first kappa shape index (κ1) is 17.1. The van der Waals surface area contributed by atoms with Crippen molar-refractivity contribution in [2.45, 2.75) is 31.8 Å². The van der Waals surface area contributed by atoms with E-state index < -0.39 is 18.0 Å². The minimum Gasteiger partial charge on any atom is -0.480 e. The van der Waals surface area contributed by atoms with Crippen LogP contribution >= 0.6 is 11.8 Å². The Bertz CT molecular complexity index is 276. The van der Waals surface area contributed by atoms with Crippen LogP contribution in [0.1, 0.15) is 19.8 Å². The first-order chi connectivity index (χ1) is 8.43. The fraction of sp³-hybridized carbons (Fsp3) is 0.818. The first-order valence-electron chi connectivity index (χ1n) is 5.80. The molecule has 0 saturated carbocycles. The van der Waals surface area contributed by atoms with Crippen LogP contribution in [0.15, 0.2) is 0 Å². The van der Waals surface area contributed by atoms with Gasteiger partial charge in [-0.2, -0.15) is 11.8 Å². The van der Waals surface area contributed by atoms with E-state index >= 15 is 0 Å². The number of carbonyl (C=O) groups excluding carboxylic acids is 1. The Labute approximate surface area is 112 Å². The van der Waals surface area contributed by atoms with Crippen molar-refractivity contribution in [3.8, 4) is 0 Å². The number of nitrogens with one attached hydrogen (secondary N) is 1. The molecule has 18 heavy (non-hydrogen) atoms. The predicted octanol–water partition coefficient (Wildman–Crippen LogP) is 0.605. The van der Waals surface area contributed by atoms with Gasteiger partial charge >= 0.3 is 12.0 Å². The van der Waals surface area contributed by atoms with Gasteiger partial charge in [-0.15, -0.1) is 0 Å². The summed E-state index contributed by atoms with van der Waals surface area (Å²) in [4.78, 5) is 24.1. The Hall–Kier alpha value is -0.950. The summed E-state index contributed by atoms with van der Waals surface area (Å²) >= 11 is 1.70. The van der Waals surface area contributed by atoms with Crippen LogP contribution in [0.4, 0.5) is 4.79 Å². The summed E-state index contributed by atoms with van der Waals surface area (Å²) in [6.45, 7) is 1.64. The summed E-state index contributed by atoms with van der Waals surface area (Å²) in [6, 6.07) is -1.43. The molecule has 0 radical (unpaired) electrons. The van der Waals surface area contributed by atoms with Crippen molar-refractivity contribution in [3.05, 3.63) is 0 Å².